The van der Waals surface area contributed by atoms with E-state index in [0.29, 0.717) is 57.3 Å². The molecule has 1 aromatic rings. The third kappa shape index (κ3) is 4.12. The second kappa shape index (κ2) is 8.26. The average Bonchev–Trinajstić information content (AvgIpc) is 2.91. The lowest BCUT2D eigenvalue weighted by molar-refractivity contribution is -0.149. The summed E-state index contributed by atoms with van der Waals surface area (Å²) in [6.45, 7) is 4.03. The molecule has 0 saturated carbocycles. The van der Waals surface area contributed by atoms with E-state index in [2.05, 4.69) is 0 Å². The molecular formula is C18H25NO6S. The van der Waals surface area contributed by atoms with Crippen LogP contribution in [-0.2, 0) is 19.6 Å². The van der Waals surface area contributed by atoms with Crippen molar-refractivity contribution in [1.82, 2.24) is 4.31 Å². The van der Waals surface area contributed by atoms with Crippen molar-refractivity contribution >= 4 is 16.0 Å². The van der Waals surface area contributed by atoms with Gasteiger partial charge in [0, 0.05) is 25.6 Å². The Morgan fingerprint density at radius 3 is 2.58 bits per heavy atom. The van der Waals surface area contributed by atoms with E-state index >= 15 is 0 Å². The second-order valence-corrected chi connectivity index (χ2v) is 8.44. The van der Waals surface area contributed by atoms with E-state index in [4.69, 9.17) is 14.2 Å². The Labute approximate surface area is 154 Å². The first-order valence-electron chi connectivity index (χ1n) is 9.09. The van der Waals surface area contributed by atoms with Crippen molar-refractivity contribution in [2.75, 3.05) is 32.9 Å². The van der Waals surface area contributed by atoms with Gasteiger partial charge in [-0.1, -0.05) is 6.92 Å². The summed E-state index contributed by atoms with van der Waals surface area (Å²) in [6.07, 6.45) is 2.50. The quantitative estimate of drug-likeness (QED) is 0.725. The van der Waals surface area contributed by atoms with Gasteiger partial charge in [0.05, 0.1) is 30.6 Å². The minimum absolute atomic E-state index is 0.189. The van der Waals surface area contributed by atoms with Crippen LogP contribution >= 0.6 is 0 Å². The van der Waals surface area contributed by atoms with E-state index in [1.807, 2.05) is 6.92 Å². The summed E-state index contributed by atoms with van der Waals surface area (Å²) in [6, 6.07) is 4.71. The lowest BCUT2D eigenvalue weighted by Gasteiger charge is -2.30. The third-order valence-electron chi connectivity index (χ3n) is 4.59. The molecule has 1 saturated heterocycles. The van der Waals surface area contributed by atoms with E-state index in [1.54, 1.807) is 12.1 Å². The normalized spacial score (nSPS) is 19.0. The number of ether oxygens (including phenoxy) is 3. The Hall–Kier alpha value is -1.80. The molecule has 2 aliphatic rings. The molecular weight excluding hydrogens is 358 g/mol. The molecule has 3 rings (SSSR count). The van der Waals surface area contributed by atoms with Crippen LogP contribution in [0.1, 0.15) is 32.6 Å². The van der Waals surface area contributed by atoms with Crippen molar-refractivity contribution < 1.29 is 27.4 Å². The predicted octanol–water partition coefficient (Wildman–Crippen LogP) is 2.20. The van der Waals surface area contributed by atoms with Gasteiger partial charge in [-0.2, -0.15) is 4.31 Å². The molecule has 8 heteroatoms. The highest BCUT2D eigenvalue weighted by molar-refractivity contribution is 7.89. The molecule has 0 amide bonds. The highest BCUT2D eigenvalue weighted by Crippen LogP contribution is 2.33. The zero-order chi connectivity index (χ0) is 18.6. The summed E-state index contributed by atoms with van der Waals surface area (Å²) in [4.78, 5) is 12.1. The molecule has 0 unspecified atom stereocenters. The van der Waals surface area contributed by atoms with Crippen molar-refractivity contribution in [3.8, 4) is 11.5 Å². The molecule has 0 bridgehead atoms. The number of hydrogen-bond acceptors (Lipinski definition) is 6. The first kappa shape index (κ1) is 19.0. The molecule has 0 aliphatic carbocycles. The van der Waals surface area contributed by atoms with Crippen LogP contribution in [0.25, 0.3) is 0 Å². The highest BCUT2D eigenvalue weighted by Gasteiger charge is 2.33. The molecule has 2 heterocycles. The molecule has 0 spiro atoms. The molecule has 1 fully saturated rings. The number of nitrogens with zero attached hydrogens (tertiary/aromatic N) is 1. The number of sulfonamides is 1. The first-order valence-corrected chi connectivity index (χ1v) is 10.5. The number of esters is 1. The van der Waals surface area contributed by atoms with Crippen LogP contribution in [-0.4, -0.2) is 51.6 Å². The lowest BCUT2D eigenvalue weighted by Crippen LogP contribution is -2.40. The molecule has 7 nitrogen and oxygen atoms in total. The second-order valence-electron chi connectivity index (χ2n) is 6.50. The number of carbonyl (C=O) groups is 1. The summed E-state index contributed by atoms with van der Waals surface area (Å²) in [5, 5.41) is 0. The Morgan fingerprint density at radius 2 is 1.88 bits per heavy atom. The number of piperidine rings is 1. The van der Waals surface area contributed by atoms with Crippen LogP contribution in [0.4, 0.5) is 0 Å². The summed E-state index contributed by atoms with van der Waals surface area (Å²) in [5.74, 6) is 0.580. The van der Waals surface area contributed by atoms with Crippen LogP contribution in [0.3, 0.4) is 0 Å². The van der Waals surface area contributed by atoms with Crippen LogP contribution in [0.5, 0.6) is 11.5 Å². The van der Waals surface area contributed by atoms with E-state index in [-0.39, 0.29) is 16.8 Å². The fourth-order valence-corrected chi connectivity index (χ4v) is 4.59. The largest absolute Gasteiger partial charge is 0.490 e. The SMILES string of the molecule is CCCOC(=O)C1CCN(S(=O)(=O)c2ccc3c(c2)OCCCO3)CC1. The number of carbonyl (C=O) groups excluding carboxylic acids is 1. The monoisotopic (exact) mass is 383 g/mol. The van der Waals surface area contributed by atoms with Crippen LogP contribution in [0.15, 0.2) is 23.1 Å². The van der Waals surface area contributed by atoms with Crippen LogP contribution < -0.4 is 9.47 Å². The maximum absolute atomic E-state index is 12.9. The summed E-state index contributed by atoms with van der Waals surface area (Å²) < 4.78 is 43.6. The molecule has 144 valence electrons. The smallest absolute Gasteiger partial charge is 0.309 e. The van der Waals surface area contributed by atoms with E-state index in [1.165, 1.54) is 10.4 Å². The maximum atomic E-state index is 12.9. The van der Waals surface area contributed by atoms with Gasteiger partial charge >= 0.3 is 5.97 Å². The Kier molecular flexibility index (Phi) is 6.03. The topological polar surface area (TPSA) is 82.1 Å². The Balaban J connectivity index is 1.68. The number of fused-ring (bicyclic) bond motifs is 1. The van der Waals surface area contributed by atoms with Gasteiger partial charge in [0.15, 0.2) is 11.5 Å². The van der Waals surface area contributed by atoms with Gasteiger partial charge in [-0.3, -0.25) is 4.79 Å². The van der Waals surface area contributed by atoms with Crippen molar-refractivity contribution in [2.45, 2.75) is 37.5 Å². The van der Waals surface area contributed by atoms with Crippen LogP contribution in [0, 0.1) is 5.92 Å². The number of hydrogen-bond donors (Lipinski definition) is 0. The van der Waals surface area contributed by atoms with Gasteiger partial charge in [-0.15, -0.1) is 0 Å². The van der Waals surface area contributed by atoms with Crippen molar-refractivity contribution in [3.63, 3.8) is 0 Å². The molecule has 2 aliphatic heterocycles. The van der Waals surface area contributed by atoms with Gasteiger partial charge in [-0.05, 0) is 31.4 Å². The van der Waals surface area contributed by atoms with Gasteiger partial charge in [-0.25, -0.2) is 8.42 Å². The Morgan fingerprint density at radius 1 is 1.19 bits per heavy atom. The van der Waals surface area contributed by atoms with Crippen molar-refractivity contribution in [3.05, 3.63) is 18.2 Å². The van der Waals surface area contributed by atoms with E-state index < -0.39 is 10.0 Å². The molecule has 1 aromatic carbocycles. The van der Waals surface area contributed by atoms with E-state index in [9.17, 15) is 13.2 Å². The van der Waals surface area contributed by atoms with Crippen molar-refractivity contribution in [1.29, 1.82) is 0 Å². The van der Waals surface area contributed by atoms with Gasteiger partial charge in [0.2, 0.25) is 10.0 Å². The molecule has 26 heavy (non-hydrogen) atoms. The Bertz CT molecular complexity index is 740. The lowest BCUT2D eigenvalue weighted by atomic mass is 9.98. The summed E-state index contributed by atoms with van der Waals surface area (Å²) >= 11 is 0. The molecule has 0 N–H and O–H groups in total. The highest BCUT2D eigenvalue weighted by atomic mass is 32.2. The minimum Gasteiger partial charge on any atom is -0.490 e. The average molecular weight is 383 g/mol. The van der Waals surface area contributed by atoms with Gasteiger partial charge in [0.25, 0.3) is 0 Å². The predicted molar refractivity (Wildman–Crippen MR) is 94.8 cm³/mol. The minimum atomic E-state index is -3.63. The molecule has 0 atom stereocenters. The molecule has 0 aromatic heterocycles. The maximum Gasteiger partial charge on any atom is 0.309 e. The van der Waals surface area contributed by atoms with E-state index in [0.717, 1.165) is 12.8 Å². The third-order valence-corrected chi connectivity index (χ3v) is 6.49. The zero-order valence-corrected chi connectivity index (χ0v) is 15.8. The first-order chi connectivity index (χ1) is 12.5. The summed E-state index contributed by atoms with van der Waals surface area (Å²) in [7, 11) is -3.63. The summed E-state index contributed by atoms with van der Waals surface area (Å²) in [5.41, 5.74) is 0. The van der Waals surface area contributed by atoms with Gasteiger partial charge < -0.3 is 14.2 Å². The standard InChI is InChI=1S/C18H25NO6S/c1-2-10-25-18(20)14-6-8-19(9-7-14)26(21,22)15-4-5-16-17(13-15)24-12-3-11-23-16/h4-5,13-14H,2-3,6-12H2,1H3. The zero-order valence-electron chi connectivity index (χ0n) is 15.0. The van der Waals surface area contributed by atoms with Crippen molar-refractivity contribution in [2.24, 2.45) is 5.92 Å². The number of rotatable bonds is 5. The fourth-order valence-electron chi connectivity index (χ4n) is 3.11. The fraction of sp³-hybridized carbons (Fsp3) is 0.611. The number of benzene rings is 1. The molecule has 0 radical (unpaired) electrons. The van der Waals surface area contributed by atoms with Crippen LogP contribution in [0.2, 0.25) is 0 Å². The van der Waals surface area contributed by atoms with Gasteiger partial charge in [0.1, 0.15) is 0 Å².